The Labute approximate surface area is 235 Å². The van der Waals surface area contributed by atoms with Crippen LogP contribution in [0.25, 0.3) is 11.3 Å². The second kappa shape index (κ2) is 17.3. The summed E-state index contributed by atoms with van der Waals surface area (Å²) in [6.45, 7) is 15.7. The number of likely N-dealkylation sites (N-methyl/N-ethyl adjacent to an activating group) is 1. The van der Waals surface area contributed by atoms with Crippen molar-refractivity contribution in [2.75, 3.05) is 25.0 Å². The van der Waals surface area contributed by atoms with Gasteiger partial charge in [-0.2, -0.15) is 0 Å². The van der Waals surface area contributed by atoms with E-state index in [1.807, 2.05) is 32.0 Å². The van der Waals surface area contributed by atoms with Gasteiger partial charge in [-0.15, -0.1) is 13.2 Å². The van der Waals surface area contributed by atoms with Crippen LogP contribution in [0.2, 0.25) is 5.02 Å². The third kappa shape index (κ3) is 10.6. The first kappa shape index (κ1) is 32.8. The number of carbonyl (C=O) groups is 2. The highest BCUT2D eigenvalue weighted by molar-refractivity contribution is 6.30. The van der Waals surface area contributed by atoms with E-state index in [-0.39, 0.29) is 24.1 Å². The van der Waals surface area contributed by atoms with E-state index in [0.29, 0.717) is 35.2 Å². The Hall–Kier alpha value is -4.24. The SMILES string of the molecule is C/C=C(C(=O)N(CC)CCNC(=O)/C(C)=C/C=C(\C)Nc1nccc(-c2ccc(Cl)cc2)n1)/C(C)=N\O.C=C. The molecular weight excluding hydrogens is 516 g/mol. The van der Waals surface area contributed by atoms with Gasteiger partial charge in [0.2, 0.25) is 11.9 Å². The van der Waals surface area contributed by atoms with Gasteiger partial charge in [-0.25, -0.2) is 9.97 Å². The molecule has 9 nitrogen and oxygen atoms in total. The molecule has 0 bridgehead atoms. The summed E-state index contributed by atoms with van der Waals surface area (Å²) in [4.78, 5) is 35.5. The molecule has 1 aromatic carbocycles. The first-order valence-corrected chi connectivity index (χ1v) is 12.7. The summed E-state index contributed by atoms with van der Waals surface area (Å²) in [7, 11) is 0. The third-order valence-corrected chi connectivity index (χ3v) is 5.69. The second-order valence-electron chi connectivity index (χ2n) is 8.13. The van der Waals surface area contributed by atoms with Crippen molar-refractivity contribution in [3.05, 3.63) is 89.8 Å². The van der Waals surface area contributed by atoms with Gasteiger partial charge in [0.25, 0.3) is 5.91 Å². The maximum atomic E-state index is 12.7. The number of anilines is 1. The molecule has 10 heteroatoms. The van der Waals surface area contributed by atoms with Crippen LogP contribution >= 0.6 is 11.6 Å². The molecule has 2 rings (SSSR count). The third-order valence-electron chi connectivity index (χ3n) is 5.44. The van der Waals surface area contributed by atoms with E-state index >= 15 is 0 Å². The minimum absolute atomic E-state index is 0.242. The predicted molar refractivity (Wildman–Crippen MR) is 159 cm³/mol. The molecule has 1 aromatic heterocycles. The predicted octanol–water partition coefficient (Wildman–Crippen LogP) is 5.62. The lowest BCUT2D eigenvalue weighted by Gasteiger charge is -2.22. The quantitative estimate of drug-likeness (QED) is 0.0830. The molecule has 0 aliphatic carbocycles. The zero-order valence-electron chi connectivity index (χ0n) is 23.2. The Morgan fingerprint density at radius 2 is 1.79 bits per heavy atom. The van der Waals surface area contributed by atoms with Crippen molar-refractivity contribution in [2.45, 2.75) is 34.6 Å². The number of oxime groups is 1. The normalized spacial score (nSPS) is 12.3. The van der Waals surface area contributed by atoms with Crippen LogP contribution in [0.1, 0.15) is 34.6 Å². The molecule has 208 valence electrons. The number of hydrogen-bond acceptors (Lipinski definition) is 7. The van der Waals surface area contributed by atoms with E-state index in [0.717, 1.165) is 17.0 Å². The highest BCUT2D eigenvalue weighted by atomic mass is 35.5. The summed E-state index contributed by atoms with van der Waals surface area (Å²) in [5.41, 5.74) is 3.50. The van der Waals surface area contributed by atoms with Crippen molar-refractivity contribution in [1.29, 1.82) is 0 Å². The van der Waals surface area contributed by atoms with Gasteiger partial charge in [0.05, 0.1) is 17.0 Å². The molecule has 0 radical (unpaired) electrons. The van der Waals surface area contributed by atoms with Gasteiger partial charge in [-0.1, -0.05) is 41.0 Å². The second-order valence-corrected chi connectivity index (χ2v) is 8.56. The van der Waals surface area contributed by atoms with Gasteiger partial charge in [-0.05, 0) is 58.9 Å². The van der Waals surface area contributed by atoms with Crippen molar-refractivity contribution >= 4 is 35.1 Å². The molecule has 0 aliphatic heterocycles. The number of allylic oxidation sites excluding steroid dienone is 4. The summed E-state index contributed by atoms with van der Waals surface area (Å²) >= 11 is 5.96. The summed E-state index contributed by atoms with van der Waals surface area (Å²) in [6.07, 6.45) is 6.74. The zero-order valence-corrected chi connectivity index (χ0v) is 23.9. The molecule has 0 unspecified atom stereocenters. The Morgan fingerprint density at radius 3 is 2.38 bits per heavy atom. The van der Waals surface area contributed by atoms with Crippen LogP contribution in [0.15, 0.2) is 89.9 Å². The Kier molecular flexibility index (Phi) is 14.5. The fraction of sp³-hybridized carbons (Fsp3) is 0.276. The largest absolute Gasteiger partial charge is 0.411 e. The van der Waals surface area contributed by atoms with Gasteiger partial charge in [-0.3, -0.25) is 9.59 Å². The first-order chi connectivity index (χ1) is 18.7. The monoisotopic (exact) mass is 552 g/mol. The number of amides is 2. The molecular formula is C29H37ClN6O3. The average Bonchev–Trinajstić information content (AvgIpc) is 2.95. The molecule has 0 atom stereocenters. The zero-order chi connectivity index (χ0) is 29.4. The Bertz CT molecular complexity index is 1240. The van der Waals surface area contributed by atoms with Crippen LogP contribution in [0.5, 0.6) is 0 Å². The van der Waals surface area contributed by atoms with E-state index in [9.17, 15) is 9.59 Å². The number of carbonyl (C=O) groups excluding carboxylic acids is 2. The van der Waals surface area contributed by atoms with E-state index in [1.165, 1.54) is 0 Å². The lowest BCUT2D eigenvalue weighted by Crippen LogP contribution is -2.40. The molecule has 1 heterocycles. The van der Waals surface area contributed by atoms with E-state index in [4.69, 9.17) is 16.8 Å². The van der Waals surface area contributed by atoms with E-state index < -0.39 is 0 Å². The molecule has 2 amide bonds. The van der Waals surface area contributed by atoms with Gasteiger partial charge in [0.1, 0.15) is 0 Å². The number of halogens is 1. The van der Waals surface area contributed by atoms with Crippen LogP contribution < -0.4 is 10.6 Å². The van der Waals surface area contributed by atoms with Crippen molar-refractivity contribution in [2.24, 2.45) is 5.16 Å². The molecule has 0 aliphatic rings. The Morgan fingerprint density at radius 1 is 1.13 bits per heavy atom. The fourth-order valence-corrected chi connectivity index (χ4v) is 3.43. The molecule has 0 saturated carbocycles. The number of aromatic nitrogens is 2. The highest BCUT2D eigenvalue weighted by Gasteiger charge is 2.19. The van der Waals surface area contributed by atoms with Crippen molar-refractivity contribution in [3.63, 3.8) is 0 Å². The lowest BCUT2D eigenvalue weighted by atomic mass is 10.1. The fourth-order valence-electron chi connectivity index (χ4n) is 3.30. The number of nitrogens with one attached hydrogen (secondary N) is 2. The molecule has 0 fully saturated rings. The summed E-state index contributed by atoms with van der Waals surface area (Å²) in [5, 5.41) is 18.7. The van der Waals surface area contributed by atoms with E-state index in [1.54, 1.807) is 62.2 Å². The van der Waals surface area contributed by atoms with Crippen molar-refractivity contribution in [3.8, 4) is 11.3 Å². The van der Waals surface area contributed by atoms with Gasteiger partial charge in [0.15, 0.2) is 0 Å². The highest BCUT2D eigenvalue weighted by Crippen LogP contribution is 2.20. The van der Waals surface area contributed by atoms with Gasteiger partial charge in [0, 0.05) is 47.7 Å². The van der Waals surface area contributed by atoms with Crippen LogP contribution in [0.3, 0.4) is 0 Å². The number of benzene rings is 1. The van der Waals surface area contributed by atoms with Crippen LogP contribution in [-0.4, -0.2) is 57.2 Å². The molecule has 39 heavy (non-hydrogen) atoms. The smallest absolute Gasteiger partial charge is 0.255 e. The molecule has 3 N–H and O–H groups in total. The van der Waals surface area contributed by atoms with Crippen LogP contribution in [0.4, 0.5) is 5.95 Å². The number of hydrogen-bond donors (Lipinski definition) is 3. The Balaban J connectivity index is 0.00000371. The number of nitrogens with zero attached hydrogens (tertiary/aromatic N) is 4. The number of rotatable bonds is 11. The van der Waals surface area contributed by atoms with Crippen LogP contribution in [0, 0.1) is 0 Å². The van der Waals surface area contributed by atoms with Crippen molar-refractivity contribution < 1.29 is 14.8 Å². The molecule has 0 spiro atoms. The standard InChI is InChI=1S/C27H33ClN6O3.C2H4/c1-6-23(20(5)33-37)26(36)34(7-2)17-16-29-25(35)18(3)8-9-19(4)31-27-30-15-14-24(32-27)21-10-12-22(28)13-11-21;1-2/h6,8-15,37H,7,16-17H2,1-5H3,(H,29,35)(H,30,31,32);1-2H2/b18-8+,19-9+,23-6-,33-20-;. The maximum Gasteiger partial charge on any atom is 0.255 e. The van der Waals surface area contributed by atoms with Crippen molar-refractivity contribution in [1.82, 2.24) is 20.2 Å². The molecule has 2 aromatic rings. The maximum absolute atomic E-state index is 12.7. The van der Waals surface area contributed by atoms with Gasteiger partial charge >= 0.3 is 0 Å². The first-order valence-electron chi connectivity index (χ1n) is 12.3. The minimum atomic E-state index is -0.256. The lowest BCUT2D eigenvalue weighted by molar-refractivity contribution is -0.127. The molecule has 0 saturated heterocycles. The average molecular weight is 553 g/mol. The summed E-state index contributed by atoms with van der Waals surface area (Å²) < 4.78 is 0. The summed E-state index contributed by atoms with van der Waals surface area (Å²) in [6, 6.07) is 9.21. The van der Waals surface area contributed by atoms with Crippen LogP contribution in [-0.2, 0) is 9.59 Å². The van der Waals surface area contributed by atoms with E-state index in [2.05, 4.69) is 38.9 Å². The minimum Gasteiger partial charge on any atom is -0.411 e. The summed E-state index contributed by atoms with van der Waals surface area (Å²) in [5.74, 6) is -0.0651. The van der Waals surface area contributed by atoms with Gasteiger partial charge < -0.3 is 20.7 Å². The topological polar surface area (TPSA) is 120 Å².